The highest BCUT2D eigenvalue weighted by Gasteiger charge is 2.58. The van der Waals surface area contributed by atoms with E-state index < -0.39 is 8.32 Å². The van der Waals surface area contributed by atoms with Crippen LogP contribution in [0.5, 0.6) is 0 Å². The van der Waals surface area contributed by atoms with Gasteiger partial charge in [0.2, 0.25) is 0 Å². The minimum atomic E-state index is -1.84. The normalized spacial score (nSPS) is 36.4. The average molecular weight is 272 g/mol. The van der Waals surface area contributed by atoms with Crippen LogP contribution in [0.2, 0.25) is 18.1 Å². The van der Waals surface area contributed by atoms with Crippen molar-refractivity contribution in [3.8, 4) is 0 Å². The van der Waals surface area contributed by atoms with Gasteiger partial charge in [0.15, 0.2) is 14.1 Å². The minimum Gasteiger partial charge on any atom is -0.411 e. The lowest BCUT2D eigenvalue weighted by atomic mass is 9.87. The standard InChI is InChI=1S/C13H24O4Si/c1-13(2,3)18(4,5)17-9-6-8(7-14)10(15)12-11(9)16-12/h8-9,11-12,14H,6-7H2,1-5H3/t8?,9-,11+,12-/m0/s1. The molecule has 5 heteroatoms. The van der Waals surface area contributed by atoms with E-state index in [0.717, 1.165) is 0 Å². The number of fused-ring (bicyclic) bond motifs is 1. The van der Waals surface area contributed by atoms with Gasteiger partial charge in [-0.15, -0.1) is 0 Å². The van der Waals surface area contributed by atoms with E-state index in [4.69, 9.17) is 9.16 Å². The van der Waals surface area contributed by atoms with Gasteiger partial charge in [-0.3, -0.25) is 4.79 Å². The van der Waals surface area contributed by atoms with Gasteiger partial charge in [-0.1, -0.05) is 20.8 Å². The van der Waals surface area contributed by atoms with Crippen LogP contribution in [0.3, 0.4) is 0 Å². The summed E-state index contributed by atoms with van der Waals surface area (Å²) in [5.74, 6) is -0.249. The van der Waals surface area contributed by atoms with Gasteiger partial charge in [0.05, 0.1) is 12.7 Å². The second kappa shape index (κ2) is 4.40. The second-order valence-corrected chi connectivity index (χ2v) is 11.7. The fourth-order valence-corrected chi connectivity index (χ4v) is 3.57. The van der Waals surface area contributed by atoms with Crippen LogP contribution in [0.4, 0.5) is 0 Å². The number of carbonyl (C=O) groups excluding carboxylic acids is 1. The molecule has 0 amide bonds. The number of hydrogen-bond donors (Lipinski definition) is 1. The van der Waals surface area contributed by atoms with Crippen LogP contribution in [0.25, 0.3) is 0 Å². The predicted octanol–water partition coefficient (Wildman–Crippen LogP) is 1.73. The highest BCUT2D eigenvalue weighted by molar-refractivity contribution is 6.74. The molecule has 1 aliphatic carbocycles. The molecule has 18 heavy (non-hydrogen) atoms. The van der Waals surface area contributed by atoms with Crippen molar-refractivity contribution in [2.24, 2.45) is 5.92 Å². The van der Waals surface area contributed by atoms with E-state index in [-0.39, 0.29) is 41.7 Å². The van der Waals surface area contributed by atoms with Crippen molar-refractivity contribution < 1.29 is 19.1 Å². The van der Waals surface area contributed by atoms with Gasteiger partial charge in [-0.05, 0) is 24.6 Å². The Morgan fingerprint density at radius 3 is 2.56 bits per heavy atom. The Labute approximate surface area is 110 Å². The Morgan fingerprint density at radius 1 is 1.44 bits per heavy atom. The largest absolute Gasteiger partial charge is 0.411 e. The van der Waals surface area contributed by atoms with Crippen molar-refractivity contribution >= 4 is 14.1 Å². The molecule has 2 fully saturated rings. The van der Waals surface area contributed by atoms with Gasteiger partial charge in [0.1, 0.15) is 12.2 Å². The first-order valence-corrected chi connectivity index (χ1v) is 9.56. The summed E-state index contributed by atoms with van der Waals surface area (Å²) in [4.78, 5) is 11.8. The molecule has 1 heterocycles. The maximum Gasteiger partial charge on any atom is 0.192 e. The smallest absolute Gasteiger partial charge is 0.192 e. The minimum absolute atomic E-state index is 0.0225. The Balaban J connectivity index is 2.05. The number of aliphatic hydroxyl groups is 1. The van der Waals surface area contributed by atoms with Gasteiger partial charge >= 0.3 is 0 Å². The van der Waals surface area contributed by atoms with E-state index in [9.17, 15) is 9.90 Å². The highest BCUT2D eigenvalue weighted by atomic mass is 28.4. The molecule has 1 saturated heterocycles. The number of epoxide rings is 1. The fraction of sp³-hybridized carbons (Fsp3) is 0.923. The van der Waals surface area contributed by atoms with Gasteiger partial charge in [-0.2, -0.15) is 0 Å². The first kappa shape index (κ1) is 14.2. The molecular formula is C13H24O4Si. The van der Waals surface area contributed by atoms with E-state index in [0.29, 0.717) is 6.42 Å². The Morgan fingerprint density at radius 2 is 2.06 bits per heavy atom. The zero-order chi connectivity index (χ0) is 13.7. The van der Waals surface area contributed by atoms with E-state index in [1.54, 1.807) is 0 Å². The summed E-state index contributed by atoms with van der Waals surface area (Å²) < 4.78 is 11.8. The summed E-state index contributed by atoms with van der Waals surface area (Å²) in [6.45, 7) is 10.9. The van der Waals surface area contributed by atoms with Crippen LogP contribution in [0.1, 0.15) is 27.2 Å². The van der Waals surface area contributed by atoms with Crippen molar-refractivity contribution in [3.05, 3.63) is 0 Å². The van der Waals surface area contributed by atoms with E-state index in [2.05, 4.69) is 33.9 Å². The molecule has 0 bridgehead atoms. The maximum atomic E-state index is 11.8. The third kappa shape index (κ3) is 2.41. The molecule has 0 aromatic rings. The Bertz CT molecular complexity index is 347. The number of Topliss-reactive ketones (excluding diaryl/α,β-unsaturated/α-hetero) is 1. The lowest BCUT2D eigenvalue weighted by molar-refractivity contribution is -0.127. The number of aliphatic hydroxyl groups excluding tert-OH is 1. The first-order valence-electron chi connectivity index (χ1n) is 6.65. The van der Waals surface area contributed by atoms with Gasteiger partial charge in [-0.25, -0.2) is 0 Å². The summed E-state index contributed by atoms with van der Waals surface area (Å²) in [5, 5.41) is 9.40. The first-order chi connectivity index (χ1) is 8.17. The number of hydrogen-bond acceptors (Lipinski definition) is 4. The summed E-state index contributed by atoms with van der Waals surface area (Å²) in [6, 6.07) is 0. The molecule has 0 aromatic heterocycles. The molecule has 1 unspecified atom stereocenters. The fourth-order valence-electron chi connectivity index (χ4n) is 2.23. The van der Waals surface area contributed by atoms with Crippen molar-refractivity contribution in [1.29, 1.82) is 0 Å². The van der Waals surface area contributed by atoms with E-state index in [1.165, 1.54) is 0 Å². The molecule has 4 atom stereocenters. The number of carbonyl (C=O) groups is 1. The summed E-state index contributed by atoms with van der Waals surface area (Å²) >= 11 is 0. The van der Waals surface area contributed by atoms with Crippen molar-refractivity contribution in [2.45, 2.75) is 63.6 Å². The second-order valence-electron chi connectivity index (χ2n) is 6.96. The average Bonchev–Trinajstić information content (AvgIpc) is 3.00. The third-order valence-corrected chi connectivity index (χ3v) is 9.07. The van der Waals surface area contributed by atoms with Crippen molar-refractivity contribution in [3.63, 3.8) is 0 Å². The lowest BCUT2D eigenvalue weighted by Gasteiger charge is -2.40. The topological polar surface area (TPSA) is 59.1 Å². The molecule has 2 rings (SSSR count). The Kier molecular flexibility index (Phi) is 3.47. The van der Waals surface area contributed by atoms with Crippen LogP contribution in [0.15, 0.2) is 0 Å². The van der Waals surface area contributed by atoms with Crippen LogP contribution >= 0.6 is 0 Å². The molecule has 1 aliphatic heterocycles. The highest BCUT2D eigenvalue weighted by Crippen LogP contribution is 2.44. The molecule has 1 saturated carbocycles. The molecule has 0 radical (unpaired) electrons. The molecule has 0 aromatic carbocycles. The van der Waals surface area contributed by atoms with Crippen LogP contribution in [-0.2, 0) is 14.0 Å². The third-order valence-electron chi connectivity index (χ3n) is 4.56. The van der Waals surface area contributed by atoms with Crippen LogP contribution in [-0.4, -0.2) is 44.1 Å². The molecular weight excluding hydrogens is 248 g/mol. The number of ketones is 1. The monoisotopic (exact) mass is 272 g/mol. The molecule has 1 N–H and O–H groups in total. The number of rotatable bonds is 3. The molecule has 104 valence electrons. The van der Waals surface area contributed by atoms with Crippen molar-refractivity contribution in [2.75, 3.05) is 6.61 Å². The molecule has 0 spiro atoms. The lowest BCUT2D eigenvalue weighted by Crippen LogP contribution is -2.48. The quantitative estimate of drug-likeness (QED) is 0.628. The number of ether oxygens (including phenoxy) is 1. The Hall–Kier alpha value is -0.233. The molecule has 2 aliphatic rings. The van der Waals surface area contributed by atoms with Crippen LogP contribution < -0.4 is 0 Å². The van der Waals surface area contributed by atoms with E-state index >= 15 is 0 Å². The van der Waals surface area contributed by atoms with E-state index in [1.807, 2.05) is 0 Å². The SMILES string of the molecule is CC(C)(C)[Si](C)(C)O[C@H]1CC(CO)C(=O)[C@@H]2O[C@H]12. The van der Waals surface area contributed by atoms with Crippen molar-refractivity contribution in [1.82, 2.24) is 0 Å². The zero-order valence-electron chi connectivity index (χ0n) is 11.9. The molecule has 4 nitrogen and oxygen atoms in total. The summed E-state index contributed by atoms with van der Waals surface area (Å²) in [5.41, 5.74) is 0. The summed E-state index contributed by atoms with van der Waals surface area (Å²) in [6.07, 6.45) is 0.203. The zero-order valence-corrected chi connectivity index (χ0v) is 12.9. The van der Waals surface area contributed by atoms with Gasteiger partial charge in [0.25, 0.3) is 0 Å². The maximum absolute atomic E-state index is 11.8. The summed E-state index contributed by atoms with van der Waals surface area (Å²) in [7, 11) is -1.84. The van der Waals surface area contributed by atoms with Crippen LogP contribution in [0, 0.1) is 5.92 Å². The predicted molar refractivity (Wildman–Crippen MR) is 70.9 cm³/mol. The van der Waals surface area contributed by atoms with Gasteiger partial charge < -0.3 is 14.3 Å². The van der Waals surface area contributed by atoms with Gasteiger partial charge in [0, 0.05) is 5.92 Å².